The first kappa shape index (κ1) is 12.4. The van der Waals surface area contributed by atoms with Crippen LogP contribution >= 0.6 is 0 Å². The molecule has 0 radical (unpaired) electrons. The summed E-state index contributed by atoms with van der Waals surface area (Å²) < 4.78 is 0. The molecule has 0 saturated carbocycles. The molecule has 92 valence electrons. The molecule has 1 atom stereocenters. The van der Waals surface area contributed by atoms with Crippen LogP contribution in [0.1, 0.15) is 18.9 Å². The number of carbonyl (C=O) groups is 1. The fourth-order valence-corrected chi connectivity index (χ4v) is 1.98. The Bertz CT molecular complexity index is 523. The maximum absolute atomic E-state index is 11.4. The predicted molar refractivity (Wildman–Crippen MR) is 73.1 cm³/mol. The number of carboxylic acid groups (broad SMARTS) is 1. The van der Waals surface area contributed by atoms with Crippen molar-refractivity contribution >= 4 is 12.0 Å². The minimum absolute atomic E-state index is 0.535. The van der Waals surface area contributed by atoms with Gasteiger partial charge in [-0.2, -0.15) is 0 Å². The number of rotatable bonds is 3. The first-order valence-electron chi connectivity index (χ1n) is 5.97. The Labute approximate surface area is 107 Å². The summed E-state index contributed by atoms with van der Waals surface area (Å²) >= 11 is 0. The lowest BCUT2D eigenvalue weighted by Gasteiger charge is -2.27. The molecule has 0 aromatic heterocycles. The number of hydrogen-bond donors (Lipinski definition) is 1. The molecule has 0 spiro atoms. The highest BCUT2D eigenvalue weighted by molar-refractivity contribution is 5.80. The Balaban J connectivity index is 2.27. The topological polar surface area (TPSA) is 37.3 Å². The standard InChI is InChI=1S/C16H16O2/c1-16(15(17)18)12-6-5-9-14(16)11-10-13-7-3-2-4-8-13/h2-11H,12H2,1H3,(H,17,18). The van der Waals surface area contributed by atoms with Gasteiger partial charge in [0.15, 0.2) is 0 Å². The van der Waals surface area contributed by atoms with Gasteiger partial charge in [0, 0.05) is 0 Å². The van der Waals surface area contributed by atoms with Crippen molar-refractivity contribution in [2.45, 2.75) is 13.3 Å². The second kappa shape index (κ2) is 5.05. The second-order valence-electron chi connectivity index (χ2n) is 4.64. The van der Waals surface area contributed by atoms with Crippen molar-refractivity contribution in [3.8, 4) is 0 Å². The Kier molecular flexibility index (Phi) is 3.47. The SMILES string of the molecule is CC1(C(=O)O)CC=CC=C1C=Cc1ccccc1. The van der Waals surface area contributed by atoms with E-state index in [2.05, 4.69) is 0 Å². The summed E-state index contributed by atoms with van der Waals surface area (Å²) in [5.74, 6) is -0.782. The third kappa shape index (κ3) is 2.43. The van der Waals surface area contributed by atoms with Crippen LogP contribution in [0.3, 0.4) is 0 Å². The van der Waals surface area contributed by atoms with Gasteiger partial charge in [0.2, 0.25) is 0 Å². The van der Waals surface area contributed by atoms with Gasteiger partial charge >= 0.3 is 5.97 Å². The number of allylic oxidation sites excluding steroid dienone is 4. The highest BCUT2D eigenvalue weighted by atomic mass is 16.4. The number of benzene rings is 1. The van der Waals surface area contributed by atoms with E-state index in [1.165, 1.54) is 0 Å². The van der Waals surface area contributed by atoms with E-state index in [1.807, 2.05) is 60.7 Å². The maximum Gasteiger partial charge on any atom is 0.314 e. The predicted octanol–water partition coefficient (Wildman–Crippen LogP) is 3.68. The molecule has 1 unspecified atom stereocenters. The van der Waals surface area contributed by atoms with Crippen molar-refractivity contribution in [1.29, 1.82) is 0 Å². The molecule has 1 aliphatic carbocycles. The van der Waals surface area contributed by atoms with Crippen LogP contribution in [0.5, 0.6) is 0 Å². The molecular formula is C16H16O2. The maximum atomic E-state index is 11.4. The summed E-state index contributed by atoms with van der Waals surface area (Å²) in [6.45, 7) is 1.76. The van der Waals surface area contributed by atoms with Gasteiger partial charge < -0.3 is 5.11 Å². The molecule has 0 bridgehead atoms. The average molecular weight is 240 g/mol. The zero-order valence-electron chi connectivity index (χ0n) is 10.3. The van der Waals surface area contributed by atoms with Gasteiger partial charge in [-0.1, -0.05) is 60.7 Å². The number of aliphatic carboxylic acids is 1. The third-order valence-electron chi connectivity index (χ3n) is 3.30. The minimum Gasteiger partial charge on any atom is -0.481 e. The van der Waals surface area contributed by atoms with Gasteiger partial charge in [-0.05, 0) is 24.5 Å². The molecule has 0 aliphatic heterocycles. The largest absolute Gasteiger partial charge is 0.481 e. The molecule has 18 heavy (non-hydrogen) atoms. The third-order valence-corrected chi connectivity index (χ3v) is 3.30. The summed E-state index contributed by atoms with van der Waals surface area (Å²) in [6, 6.07) is 9.87. The lowest BCUT2D eigenvalue weighted by Crippen LogP contribution is -2.29. The van der Waals surface area contributed by atoms with Crippen LogP contribution in [0.25, 0.3) is 6.08 Å². The monoisotopic (exact) mass is 240 g/mol. The zero-order valence-corrected chi connectivity index (χ0v) is 10.3. The van der Waals surface area contributed by atoms with Crippen molar-refractivity contribution in [2.75, 3.05) is 0 Å². The summed E-state index contributed by atoms with van der Waals surface area (Å²) in [7, 11) is 0. The Morgan fingerprint density at radius 1 is 1.28 bits per heavy atom. The number of carboxylic acids is 1. The molecule has 1 N–H and O–H groups in total. The van der Waals surface area contributed by atoms with E-state index in [0.29, 0.717) is 6.42 Å². The van der Waals surface area contributed by atoms with Crippen molar-refractivity contribution in [1.82, 2.24) is 0 Å². The Hall–Kier alpha value is -2.09. The van der Waals surface area contributed by atoms with Crippen LogP contribution in [0, 0.1) is 5.41 Å². The van der Waals surface area contributed by atoms with E-state index in [9.17, 15) is 9.90 Å². The summed E-state index contributed by atoms with van der Waals surface area (Å²) in [5.41, 5.74) is 1.09. The fourth-order valence-electron chi connectivity index (χ4n) is 1.98. The molecule has 0 amide bonds. The van der Waals surface area contributed by atoms with Gasteiger partial charge in [0.25, 0.3) is 0 Å². The number of hydrogen-bond acceptors (Lipinski definition) is 1. The molecule has 1 aromatic rings. The molecule has 0 heterocycles. The normalized spacial score (nSPS) is 23.1. The Morgan fingerprint density at radius 3 is 2.67 bits per heavy atom. The van der Waals surface area contributed by atoms with Crippen LogP contribution in [-0.4, -0.2) is 11.1 Å². The van der Waals surface area contributed by atoms with Crippen molar-refractivity contribution in [3.63, 3.8) is 0 Å². The summed E-state index contributed by atoms with van der Waals surface area (Å²) in [6.07, 6.45) is 10.1. The molecule has 1 aromatic carbocycles. The summed E-state index contributed by atoms with van der Waals surface area (Å²) in [5, 5.41) is 9.36. The molecule has 2 heteroatoms. The first-order valence-corrected chi connectivity index (χ1v) is 5.97. The lowest BCUT2D eigenvalue weighted by atomic mass is 9.76. The highest BCUT2D eigenvalue weighted by Gasteiger charge is 2.35. The molecular weight excluding hydrogens is 224 g/mol. The van der Waals surface area contributed by atoms with Crippen LogP contribution in [0.4, 0.5) is 0 Å². The molecule has 2 rings (SSSR count). The van der Waals surface area contributed by atoms with Gasteiger partial charge in [-0.15, -0.1) is 0 Å². The van der Waals surface area contributed by atoms with E-state index in [1.54, 1.807) is 6.92 Å². The van der Waals surface area contributed by atoms with Crippen LogP contribution in [0.2, 0.25) is 0 Å². The molecule has 1 aliphatic rings. The molecule has 0 saturated heterocycles. The van der Waals surface area contributed by atoms with Crippen LogP contribution < -0.4 is 0 Å². The zero-order chi connectivity index (χ0) is 13.0. The van der Waals surface area contributed by atoms with E-state index in [0.717, 1.165) is 11.1 Å². The van der Waals surface area contributed by atoms with Gasteiger partial charge in [0.05, 0.1) is 5.41 Å². The van der Waals surface area contributed by atoms with Crippen molar-refractivity contribution in [3.05, 3.63) is 65.8 Å². The van der Waals surface area contributed by atoms with E-state index < -0.39 is 11.4 Å². The van der Waals surface area contributed by atoms with Gasteiger partial charge in [-0.25, -0.2) is 0 Å². The van der Waals surface area contributed by atoms with E-state index in [-0.39, 0.29) is 0 Å². The lowest BCUT2D eigenvalue weighted by molar-refractivity contribution is -0.145. The van der Waals surface area contributed by atoms with Crippen molar-refractivity contribution in [2.24, 2.45) is 5.41 Å². The van der Waals surface area contributed by atoms with Crippen LogP contribution in [-0.2, 0) is 4.79 Å². The smallest absolute Gasteiger partial charge is 0.314 e. The van der Waals surface area contributed by atoms with Gasteiger partial charge in [-0.3, -0.25) is 4.79 Å². The van der Waals surface area contributed by atoms with E-state index >= 15 is 0 Å². The highest BCUT2D eigenvalue weighted by Crippen LogP contribution is 2.35. The fraction of sp³-hybridized carbons (Fsp3) is 0.188. The van der Waals surface area contributed by atoms with Gasteiger partial charge in [0.1, 0.15) is 0 Å². The molecule has 0 fully saturated rings. The quantitative estimate of drug-likeness (QED) is 0.875. The summed E-state index contributed by atoms with van der Waals surface area (Å²) in [4.78, 5) is 11.4. The minimum atomic E-state index is -0.819. The average Bonchev–Trinajstić information content (AvgIpc) is 2.39. The van der Waals surface area contributed by atoms with Crippen LogP contribution in [0.15, 0.2) is 60.2 Å². The Morgan fingerprint density at radius 2 is 2.00 bits per heavy atom. The molecule has 2 nitrogen and oxygen atoms in total. The first-order chi connectivity index (χ1) is 8.63. The second-order valence-corrected chi connectivity index (χ2v) is 4.64. The van der Waals surface area contributed by atoms with E-state index in [4.69, 9.17) is 0 Å². The van der Waals surface area contributed by atoms with Crippen molar-refractivity contribution < 1.29 is 9.90 Å².